The predicted octanol–water partition coefficient (Wildman–Crippen LogP) is 2.89. The van der Waals surface area contributed by atoms with Gasteiger partial charge in [-0.15, -0.1) is 0 Å². The number of anilines is 2. The first-order valence-electron chi connectivity index (χ1n) is 8.31. The summed E-state index contributed by atoms with van der Waals surface area (Å²) in [7, 11) is 1.82. The van der Waals surface area contributed by atoms with Crippen molar-refractivity contribution in [3.63, 3.8) is 0 Å². The maximum absolute atomic E-state index is 6.20. The summed E-state index contributed by atoms with van der Waals surface area (Å²) < 4.78 is 6.20. The largest absolute Gasteiger partial charge is 0.455 e. The van der Waals surface area contributed by atoms with Crippen molar-refractivity contribution >= 4 is 22.9 Å². The average molecular weight is 317 g/mol. The number of nitrogens with two attached hydrogens (primary N) is 2. The number of nitrogen functional groups attached to an aromatic ring is 1. The van der Waals surface area contributed by atoms with Crippen LogP contribution in [0.4, 0.5) is 11.8 Å². The lowest BCUT2D eigenvalue weighted by Gasteiger charge is -2.36. The number of furan rings is 1. The number of fused-ring (bicyclic) bond motifs is 3. The van der Waals surface area contributed by atoms with Crippen LogP contribution in [0.15, 0.2) is 4.42 Å². The summed E-state index contributed by atoms with van der Waals surface area (Å²) in [5.41, 5.74) is 14.7. The van der Waals surface area contributed by atoms with E-state index >= 15 is 0 Å². The lowest BCUT2D eigenvalue weighted by molar-refractivity contribution is 0.189. The van der Waals surface area contributed by atoms with Gasteiger partial charge in [-0.1, -0.05) is 20.8 Å². The molecule has 2 heterocycles. The van der Waals surface area contributed by atoms with Gasteiger partial charge in [0.1, 0.15) is 11.3 Å². The Bertz CT molecular complexity index is 716. The van der Waals surface area contributed by atoms with Gasteiger partial charge in [0.2, 0.25) is 5.95 Å². The second kappa shape index (κ2) is 5.67. The van der Waals surface area contributed by atoms with Gasteiger partial charge in [0.15, 0.2) is 11.4 Å². The molecule has 23 heavy (non-hydrogen) atoms. The summed E-state index contributed by atoms with van der Waals surface area (Å²) in [5.74, 6) is 2.87. The molecule has 1 aliphatic carbocycles. The van der Waals surface area contributed by atoms with Crippen molar-refractivity contribution in [1.29, 1.82) is 0 Å². The fraction of sp³-hybridized carbons (Fsp3) is 0.647. The van der Waals surface area contributed by atoms with Crippen molar-refractivity contribution in [2.24, 2.45) is 17.1 Å². The molecule has 0 fully saturated rings. The van der Waals surface area contributed by atoms with E-state index in [-0.39, 0.29) is 11.4 Å². The van der Waals surface area contributed by atoms with Gasteiger partial charge < -0.3 is 21.2 Å². The minimum absolute atomic E-state index is 0.235. The Balaban J connectivity index is 2.18. The minimum Gasteiger partial charge on any atom is -0.455 e. The molecule has 0 spiro atoms. The normalized spacial score (nSPS) is 21.4. The van der Waals surface area contributed by atoms with E-state index < -0.39 is 0 Å². The Morgan fingerprint density at radius 3 is 2.65 bits per heavy atom. The molecule has 0 saturated carbocycles. The van der Waals surface area contributed by atoms with Gasteiger partial charge >= 0.3 is 0 Å². The second-order valence-corrected chi connectivity index (χ2v) is 7.58. The van der Waals surface area contributed by atoms with Gasteiger partial charge in [-0.3, -0.25) is 0 Å². The quantitative estimate of drug-likeness (QED) is 0.804. The number of aromatic nitrogens is 2. The van der Waals surface area contributed by atoms with Gasteiger partial charge in [-0.25, -0.2) is 4.98 Å². The van der Waals surface area contributed by atoms with Gasteiger partial charge in [-0.05, 0) is 37.1 Å². The first kappa shape index (κ1) is 16.1. The van der Waals surface area contributed by atoms with Crippen molar-refractivity contribution in [3.05, 3.63) is 11.3 Å². The smallest absolute Gasteiger partial charge is 0.222 e. The van der Waals surface area contributed by atoms with E-state index in [1.54, 1.807) is 0 Å². The zero-order valence-corrected chi connectivity index (χ0v) is 14.4. The summed E-state index contributed by atoms with van der Waals surface area (Å²) in [4.78, 5) is 8.71. The second-order valence-electron chi connectivity index (χ2n) is 7.58. The lowest BCUT2D eigenvalue weighted by atomic mass is 9.68. The molecule has 0 amide bonds. The van der Waals surface area contributed by atoms with Crippen LogP contribution in [-0.4, -0.2) is 23.6 Å². The molecule has 5 N–H and O–H groups in total. The highest BCUT2D eigenvalue weighted by Gasteiger charge is 2.37. The summed E-state index contributed by atoms with van der Waals surface area (Å²) in [6, 6.07) is 0. The average Bonchev–Trinajstić information content (AvgIpc) is 2.85. The predicted molar refractivity (Wildman–Crippen MR) is 93.4 cm³/mol. The third-order valence-electron chi connectivity index (χ3n) is 5.05. The fourth-order valence-electron chi connectivity index (χ4n) is 3.64. The number of rotatable bonds is 3. The number of nitrogens with zero attached hydrogens (tertiary/aromatic N) is 2. The Hall–Kier alpha value is -1.82. The van der Waals surface area contributed by atoms with Crippen molar-refractivity contribution in [2.45, 2.75) is 46.0 Å². The molecular weight excluding hydrogens is 290 g/mol. The molecule has 1 aliphatic rings. The van der Waals surface area contributed by atoms with Crippen LogP contribution < -0.4 is 16.8 Å². The van der Waals surface area contributed by atoms with Crippen molar-refractivity contribution in [2.75, 3.05) is 24.6 Å². The van der Waals surface area contributed by atoms with Crippen LogP contribution in [-0.2, 0) is 6.42 Å². The van der Waals surface area contributed by atoms with E-state index in [0.717, 1.165) is 30.5 Å². The summed E-state index contributed by atoms with van der Waals surface area (Å²) in [5, 5.41) is 3.06. The molecule has 6 nitrogen and oxygen atoms in total. The van der Waals surface area contributed by atoms with E-state index in [1.807, 2.05) is 7.05 Å². The molecule has 126 valence electrons. The highest BCUT2D eigenvalue weighted by molar-refractivity contribution is 5.88. The first-order chi connectivity index (χ1) is 10.8. The van der Waals surface area contributed by atoms with Crippen LogP contribution in [0.25, 0.3) is 11.1 Å². The van der Waals surface area contributed by atoms with Crippen LogP contribution in [0.1, 0.15) is 50.9 Å². The van der Waals surface area contributed by atoms with Crippen molar-refractivity contribution in [1.82, 2.24) is 9.97 Å². The SMILES string of the molecule is CNc1nc(N)nc2c3c(oc12)C(CCN)CC(C(C)(C)C)C3. The molecular formula is C17H27N5O. The third-order valence-corrected chi connectivity index (χ3v) is 5.05. The summed E-state index contributed by atoms with van der Waals surface area (Å²) >= 11 is 0. The first-order valence-corrected chi connectivity index (χ1v) is 8.31. The molecule has 0 aliphatic heterocycles. The fourth-order valence-corrected chi connectivity index (χ4v) is 3.64. The molecule has 2 unspecified atom stereocenters. The molecule has 2 aromatic rings. The van der Waals surface area contributed by atoms with Crippen LogP contribution in [0, 0.1) is 11.3 Å². The molecule has 6 heteroatoms. The van der Waals surface area contributed by atoms with Gasteiger partial charge in [0.05, 0.1) is 0 Å². The standard InChI is InChI=1S/C17H27N5O/c1-17(2,3)10-7-9(5-6-18)13-11(8-10)12-14(23-13)15(20-4)22-16(19)21-12/h9-10H,5-8,18H2,1-4H3,(H3,19,20,21,22). The monoisotopic (exact) mass is 317 g/mol. The molecule has 0 radical (unpaired) electrons. The van der Waals surface area contributed by atoms with Crippen molar-refractivity contribution < 1.29 is 4.42 Å². The summed E-state index contributed by atoms with van der Waals surface area (Å²) in [6.45, 7) is 7.55. The maximum Gasteiger partial charge on any atom is 0.222 e. The zero-order chi connectivity index (χ0) is 16.8. The molecule has 0 bridgehead atoms. The Morgan fingerprint density at radius 2 is 2.04 bits per heavy atom. The Labute approximate surface area is 137 Å². The maximum atomic E-state index is 6.20. The van der Waals surface area contributed by atoms with Crippen LogP contribution in [0.3, 0.4) is 0 Å². The lowest BCUT2D eigenvalue weighted by Crippen LogP contribution is -2.29. The highest BCUT2D eigenvalue weighted by Crippen LogP contribution is 2.47. The van der Waals surface area contributed by atoms with Crippen LogP contribution in [0.5, 0.6) is 0 Å². The van der Waals surface area contributed by atoms with Gasteiger partial charge in [-0.2, -0.15) is 4.98 Å². The minimum atomic E-state index is 0.235. The third kappa shape index (κ3) is 2.76. The Morgan fingerprint density at radius 1 is 1.30 bits per heavy atom. The molecule has 3 rings (SSSR count). The van der Waals surface area contributed by atoms with E-state index in [9.17, 15) is 0 Å². The van der Waals surface area contributed by atoms with E-state index in [1.165, 1.54) is 5.56 Å². The van der Waals surface area contributed by atoms with E-state index in [4.69, 9.17) is 15.9 Å². The molecule has 2 aromatic heterocycles. The van der Waals surface area contributed by atoms with Gasteiger partial charge in [0.25, 0.3) is 0 Å². The summed E-state index contributed by atoms with van der Waals surface area (Å²) in [6.07, 6.45) is 3.00. The molecule has 0 saturated heterocycles. The number of hydrogen-bond donors (Lipinski definition) is 3. The Kier molecular flexibility index (Phi) is 3.96. The topological polar surface area (TPSA) is 103 Å². The van der Waals surface area contributed by atoms with Gasteiger partial charge in [0, 0.05) is 18.5 Å². The molecule has 2 atom stereocenters. The molecule has 0 aromatic carbocycles. The van der Waals surface area contributed by atoms with Crippen molar-refractivity contribution in [3.8, 4) is 0 Å². The van der Waals surface area contributed by atoms with E-state index in [2.05, 4.69) is 36.1 Å². The number of hydrogen-bond acceptors (Lipinski definition) is 6. The highest BCUT2D eigenvalue weighted by atomic mass is 16.3. The van der Waals surface area contributed by atoms with Crippen LogP contribution in [0.2, 0.25) is 0 Å². The van der Waals surface area contributed by atoms with Crippen LogP contribution >= 0.6 is 0 Å². The zero-order valence-electron chi connectivity index (χ0n) is 14.4. The van der Waals surface area contributed by atoms with E-state index in [0.29, 0.717) is 29.8 Å². The number of nitrogens with one attached hydrogen (secondary N) is 1.